The predicted octanol–water partition coefficient (Wildman–Crippen LogP) is 4.30. The first-order chi connectivity index (χ1) is 9.95. The summed E-state index contributed by atoms with van der Waals surface area (Å²) in [6.07, 6.45) is 2.74. The summed E-state index contributed by atoms with van der Waals surface area (Å²) in [4.78, 5) is 3.79. The molecule has 0 fully saturated rings. The lowest BCUT2D eigenvalue weighted by Gasteiger charge is -2.11. The number of halogens is 3. The monoisotopic (exact) mass is 312 g/mol. The molecule has 0 aliphatic carbocycles. The Kier molecular flexibility index (Phi) is 5.09. The maximum Gasteiger partial charge on any atom is 0.198 e. The van der Waals surface area contributed by atoms with Crippen molar-refractivity contribution in [2.45, 2.75) is 26.4 Å². The highest BCUT2D eigenvalue weighted by molar-refractivity contribution is 6.30. The standard InChI is InChI=1S/C15H15ClF2N2O/c1-9(2)20-6-10-3-13(17)15(14(18)4-10)21-12-5-11(16)7-19-8-12/h3-5,7-9,20H,6H2,1-2H3. The van der Waals surface area contributed by atoms with E-state index in [0.717, 1.165) is 0 Å². The molecule has 3 nitrogen and oxygen atoms in total. The average molecular weight is 313 g/mol. The van der Waals surface area contributed by atoms with E-state index >= 15 is 0 Å². The smallest absolute Gasteiger partial charge is 0.198 e. The zero-order chi connectivity index (χ0) is 15.4. The van der Waals surface area contributed by atoms with Crippen LogP contribution in [0.25, 0.3) is 0 Å². The molecule has 0 spiro atoms. The number of benzene rings is 1. The Hall–Kier alpha value is -1.72. The number of nitrogens with one attached hydrogen (secondary N) is 1. The van der Waals surface area contributed by atoms with Crippen molar-refractivity contribution < 1.29 is 13.5 Å². The molecule has 112 valence electrons. The molecule has 0 bridgehead atoms. The lowest BCUT2D eigenvalue weighted by Crippen LogP contribution is -2.22. The third kappa shape index (κ3) is 4.37. The van der Waals surface area contributed by atoms with Crippen LogP contribution in [0.15, 0.2) is 30.6 Å². The summed E-state index contributed by atoms with van der Waals surface area (Å²) in [5.74, 6) is -1.83. The van der Waals surface area contributed by atoms with Gasteiger partial charge in [-0.2, -0.15) is 0 Å². The van der Waals surface area contributed by atoms with Crippen LogP contribution < -0.4 is 10.1 Å². The number of hydrogen-bond acceptors (Lipinski definition) is 3. The molecule has 6 heteroatoms. The van der Waals surface area contributed by atoms with Gasteiger partial charge in [-0.25, -0.2) is 8.78 Å². The molecule has 0 unspecified atom stereocenters. The number of ether oxygens (including phenoxy) is 1. The molecule has 2 aromatic rings. The van der Waals surface area contributed by atoms with Gasteiger partial charge in [-0.3, -0.25) is 4.98 Å². The SMILES string of the molecule is CC(C)NCc1cc(F)c(Oc2cncc(Cl)c2)c(F)c1. The minimum atomic E-state index is -0.768. The first kappa shape index (κ1) is 15.7. The number of aromatic nitrogens is 1. The normalized spacial score (nSPS) is 11.0. The number of hydrogen-bond donors (Lipinski definition) is 1. The molecule has 1 aromatic heterocycles. The van der Waals surface area contributed by atoms with Gasteiger partial charge in [0.05, 0.1) is 11.2 Å². The highest BCUT2D eigenvalue weighted by Gasteiger charge is 2.14. The van der Waals surface area contributed by atoms with Gasteiger partial charge in [-0.1, -0.05) is 25.4 Å². The first-order valence-electron chi connectivity index (χ1n) is 6.45. The minimum absolute atomic E-state index is 0.174. The Balaban J connectivity index is 2.21. The van der Waals surface area contributed by atoms with Crippen LogP contribution in [0.5, 0.6) is 11.5 Å². The Morgan fingerprint density at radius 2 is 1.86 bits per heavy atom. The van der Waals surface area contributed by atoms with E-state index in [0.29, 0.717) is 17.1 Å². The molecule has 0 saturated carbocycles. The predicted molar refractivity (Wildman–Crippen MR) is 77.7 cm³/mol. The van der Waals surface area contributed by atoms with Gasteiger partial charge in [-0.05, 0) is 17.7 Å². The molecule has 0 aliphatic rings. The van der Waals surface area contributed by atoms with Crippen molar-refractivity contribution in [2.75, 3.05) is 0 Å². The van der Waals surface area contributed by atoms with Crippen molar-refractivity contribution in [3.05, 3.63) is 52.8 Å². The Morgan fingerprint density at radius 3 is 2.43 bits per heavy atom. The van der Waals surface area contributed by atoms with Crippen molar-refractivity contribution in [3.63, 3.8) is 0 Å². The molecule has 0 aliphatic heterocycles. The second kappa shape index (κ2) is 6.83. The lowest BCUT2D eigenvalue weighted by atomic mass is 10.2. The maximum absolute atomic E-state index is 14.0. The van der Waals surface area contributed by atoms with Crippen LogP contribution >= 0.6 is 11.6 Å². The second-order valence-electron chi connectivity index (χ2n) is 4.87. The molecule has 0 amide bonds. The number of pyridine rings is 1. The molecule has 1 aromatic carbocycles. The van der Waals surface area contributed by atoms with E-state index in [1.165, 1.54) is 30.6 Å². The molecular weight excluding hydrogens is 298 g/mol. The van der Waals surface area contributed by atoms with Gasteiger partial charge in [0.1, 0.15) is 5.75 Å². The third-order valence-electron chi connectivity index (χ3n) is 2.67. The van der Waals surface area contributed by atoms with Gasteiger partial charge >= 0.3 is 0 Å². The van der Waals surface area contributed by atoms with Crippen molar-refractivity contribution >= 4 is 11.6 Å². The van der Waals surface area contributed by atoms with Crippen molar-refractivity contribution in [2.24, 2.45) is 0 Å². The van der Waals surface area contributed by atoms with Gasteiger partial charge in [0.25, 0.3) is 0 Å². The summed E-state index contributed by atoms with van der Waals surface area (Å²) in [5, 5.41) is 3.42. The van der Waals surface area contributed by atoms with Crippen LogP contribution in [0.4, 0.5) is 8.78 Å². The van der Waals surface area contributed by atoms with Crippen LogP contribution in [0, 0.1) is 11.6 Å². The number of nitrogens with zero attached hydrogens (tertiary/aromatic N) is 1. The Labute approximate surface area is 126 Å². The largest absolute Gasteiger partial charge is 0.449 e. The molecule has 2 rings (SSSR count). The molecule has 0 saturated heterocycles. The van der Waals surface area contributed by atoms with E-state index < -0.39 is 17.4 Å². The summed E-state index contributed by atoms with van der Waals surface area (Å²) >= 11 is 5.75. The number of rotatable bonds is 5. The summed E-state index contributed by atoms with van der Waals surface area (Å²) in [6.45, 7) is 4.29. The topological polar surface area (TPSA) is 34.1 Å². The van der Waals surface area contributed by atoms with Crippen molar-refractivity contribution in [1.82, 2.24) is 10.3 Å². The minimum Gasteiger partial charge on any atom is -0.449 e. The maximum atomic E-state index is 14.0. The van der Waals surface area contributed by atoms with Crippen LogP contribution in [0.3, 0.4) is 0 Å². The lowest BCUT2D eigenvalue weighted by molar-refractivity contribution is 0.404. The summed E-state index contributed by atoms with van der Waals surface area (Å²) in [6, 6.07) is 4.14. The molecule has 0 radical (unpaired) electrons. The van der Waals surface area contributed by atoms with Gasteiger partial charge in [0, 0.05) is 24.8 Å². The van der Waals surface area contributed by atoms with E-state index in [1.54, 1.807) is 0 Å². The van der Waals surface area contributed by atoms with E-state index in [-0.39, 0.29) is 11.8 Å². The Bertz CT molecular complexity index is 612. The van der Waals surface area contributed by atoms with Gasteiger partial charge in [0.2, 0.25) is 0 Å². The molecular formula is C15H15ClF2N2O. The fraction of sp³-hybridized carbons (Fsp3) is 0.267. The van der Waals surface area contributed by atoms with Crippen LogP contribution in [0.2, 0.25) is 5.02 Å². The van der Waals surface area contributed by atoms with Crippen LogP contribution in [-0.2, 0) is 6.54 Å². The summed E-state index contributed by atoms with van der Waals surface area (Å²) in [7, 11) is 0. The van der Waals surface area contributed by atoms with Crippen molar-refractivity contribution in [3.8, 4) is 11.5 Å². The highest BCUT2D eigenvalue weighted by Crippen LogP contribution is 2.29. The zero-order valence-corrected chi connectivity index (χ0v) is 12.4. The quantitative estimate of drug-likeness (QED) is 0.893. The molecule has 1 N–H and O–H groups in total. The fourth-order valence-electron chi connectivity index (χ4n) is 1.70. The Morgan fingerprint density at radius 1 is 1.19 bits per heavy atom. The fourth-order valence-corrected chi connectivity index (χ4v) is 1.86. The van der Waals surface area contributed by atoms with E-state index in [9.17, 15) is 8.78 Å². The average Bonchev–Trinajstić information content (AvgIpc) is 2.40. The van der Waals surface area contributed by atoms with Gasteiger partial charge in [0.15, 0.2) is 17.4 Å². The van der Waals surface area contributed by atoms with Gasteiger partial charge in [-0.15, -0.1) is 0 Å². The summed E-state index contributed by atoms with van der Waals surface area (Å²) < 4.78 is 33.1. The van der Waals surface area contributed by atoms with Crippen molar-refractivity contribution in [1.29, 1.82) is 0 Å². The van der Waals surface area contributed by atoms with Crippen LogP contribution in [-0.4, -0.2) is 11.0 Å². The molecule has 1 heterocycles. The van der Waals surface area contributed by atoms with Gasteiger partial charge < -0.3 is 10.1 Å². The van der Waals surface area contributed by atoms with E-state index in [1.807, 2.05) is 13.8 Å². The van der Waals surface area contributed by atoms with E-state index in [2.05, 4.69) is 10.3 Å². The second-order valence-corrected chi connectivity index (χ2v) is 5.30. The third-order valence-corrected chi connectivity index (χ3v) is 2.88. The van der Waals surface area contributed by atoms with E-state index in [4.69, 9.17) is 16.3 Å². The molecule has 21 heavy (non-hydrogen) atoms. The highest BCUT2D eigenvalue weighted by atomic mass is 35.5. The first-order valence-corrected chi connectivity index (χ1v) is 6.83. The van der Waals surface area contributed by atoms with Crippen LogP contribution in [0.1, 0.15) is 19.4 Å². The zero-order valence-electron chi connectivity index (χ0n) is 11.7. The summed E-state index contributed by atoms with van der Waals surface area (Å²) in [5.41, 5.74) is 0.510. The molecule has 0 atom stereocenters.